The summed E-state index contributed by atoms with van der Waals surface area (Å²) >= 11 is 1.92. The van der Waals surface area contributed by atoms with Gasteiger partial charge in [-0.05, 0) is 24.5 Å². The van der Waals surface area contributed by atoms with Gasteiger partial charge in [-0.15, -0.1) is 18.2 Å². The maximum absolute atomic E-state index is 5.17. The summed E-state index contributed by atoms with van der Waals surface area (Å²) in [6.45, 7) is 0. The molecule has 1 saturated carbocycles. The lowest BCUT2D eigenvalue weighted by Crippen LogP contribution is -2.08. The Labute approximate surface area is 74.1 Å². The SMILES string of the molecule is C#CCSCC1CCCCC1. The third kappa shape index (κ3) is 3.72. The van der Waals surface area contributed by atoms with Crippen molar-refractivity contribution in [3.63, 3.8) is 0 Å². The first-order chi connectivity index (χ1) is 5.43. The zero-order valence-electron chi connectivity index (χ0n) is 7.01. The number of thioether (sulfide) groups is 1. The van der Waals surface area contributed by atoms with Crippen molar-refractivity contribution < 1.29 is 0 Å². The van der Waals surface area contributed by atoms with E-state index in [1.54, 1.807) is 0 Å². The average molecular weight is 168 g/mol. The molecule has 1 aliphatic rings. The quantitative estimate of drug-likeness (QED) is 0.461. The van der Waals surface area contributed by atoms with Crippen molar-refractivity contribution in [1.29, 1.82) is 0 Å². The van der Waals surface area contributed by atoms with Crippen LogP contribution in [0.5, 0.6) is 0 Å². The molecule has 0 nitrogen and oxygen atoms in total. The first-order valence-electron chi connectivity index (χ1n) is 4.44. The van der Waals surface area contributed by atoms with Gasteiger partial charge in [0, 0.05) is 0 Å². The number of rotatable bonds is 3. The Hall–Kier alpha value is -0.0900. The normalized spacial score (nSPS) is 19.5. The highest BCUT2D eigenvalue weighted by atomic mass is 32.2. The van der Waals surface area contributed by atoms with Crippen LogP contribution in [-0.2, 0) is 0 Å². The summed E-state index contributed by atoms with van der Waals surface area (Å²) in [5.74, 6) is 5.84. The van der Waals surface area contributed by atoms with Gasteiger partial charge in [-0.3, -0.25) is 0 Å². The standard InChI is InChI=1S/C10H16S/c1-2-8-11-9-10-6-4-3-5-7-10/h1,10H,3-9H2. The molecule has 0 amide bonds. The molecule has 1 fully saturated rings. The predicted octanol–water partition coefficient (Wildman–Crippen LogP) is 2.93. The molecule has 0 bridgehead atoms. The molecular formula is C10H16S. The van der Waals surface area contributed by atoms with Crippen LogP contribution in [0.15, 0.2) is 0 Å². The summed E-state index contributed by atoms with van der Waals surface area (Å²) in [4.78, 5) is 0. The summed E-state index contributed by atoms with van der Waals surface area (Å²) < 4.78 is 0. The van der Waals surface area contributed by atoms with E-state index in [1.807, 2.05) is 11.8 Å². The lowest BCUT2D eigenvalue weighted by atomic mass is 9.91. The van der Waals surface area contributed by atoms with Crippen molar-refractivity contribution in [1.82, 2.24) is 0 Å². The van der Waals surface area contributed by atoms with E-state index >= 15 is 0 Å². The molecule has 0 aromatic rings. The number of hydrogen-bond donors (Lipinski definition) is 0. The van der Waals surface area contributed by atoms with Crippen LogP contribution in [-0.4, -0.2) is 11.5 Å². The largest absolute Gasteiger partial charge is 0.149 e. The van der Waals surface area contributed by atoms with Gasteiger partial charge in [0.2, 0.25) is 0 Å². The van der Waals surface area contributed by atoms with Gasteiger partial charge in [0.05, 0.1) is 5.75 Å². The molecule has 0 N–H and O–H groups in total. The van der Waals surface area contributed by atoms with E-state index in [-0.39, 0.29) is 0 Å². The Morgan fingerprint density at radius 3 is 2.64 bits per heavy atom. The van der Waals surface area contributed by atoms with E-state index in [1.165, 1.54) is 37.9 Å². The highest BCUT2D eigenvalue weighted by Crippen LogP contribution is 2.26. The first-order valence-corrected chi connectivity index (χ1v) is 5.60. The smallest absolute Gasteiger partial charge is 0.0544 e. The minimum absolute atomic E-state index is 0.899. The maximum atomic E-state index is 5.17. The molecule has 11 heavy (non-hydrogen) atoms. The Morgan fingerprint density at radius 1 is 1.27 bits per heavy atom. The number of hydrogen-bond acceptors (Lipinski definition) is 1. The molecule has 0 saturated heterocycles. The van der Waals surface area contributed by atoms with E-state index in [2.05, 4.69) is 5.92 Å². The van der Waals surface area contributed by atoms with Gasteiger partial charge in [-0.2, -0.15) is 0 Å². The second-order valence-corrected chi connectivity index (χ2v) is 4.25. The molecule has 1 rings (SSSR count). The Kier molecular flexibility index (Phi) is 4.54. The Morgan fingerprint density at radius 2 is 2.00 bits per heavy atom. The zero-order valence-corrected chi connectivity index (χ0v) is 7.83. The second kappa shape index (κ2) is 5.55. The van der Waals surface area contributed by atoms with Crippen LogP contribution in [0.4, 0.5) is 0 Å². The van der Waals surface area contributed by atoms with E-state index in [0.29, 0.717) is 0 Å². The molecule has 0 spiro atoms. The summed E-state index contributed by atoms with van der Waals surface area (Å²) in [6.07, 6.45) is 12.4. The van der Waals surface area contributed by atoms with Gasteiger partial charge in [-0.1, -0.05) is 25.2 Å². The van der Waals surface area contributed by atoms with Gasteiger partial charge in [0.15, 0.2) is 0 Å². The third-order valence-corrected chi connectivity index (χ3v) is 3.34. The fraction of sp³-hybridized carbons (Fsp3) is 0.800. The summed E-state index contributed by atoms with van der Waals surface area (Å²) in [5.41, 5.74) is 0. The monoisotopic (exact) mass is 168 g/mol. The van der Waals surface area contributed by atoms with Gasteiger partial charge >= 0.3 is 0 Å². The highest BCUT2D eigenvalue weighted by Gasteiger charge is 2.12. The predicted molar refractivity (Wildman–Crippen MR) is 52.7 cm³/mol. The summed E-state index contributed by atoms with van der Waals surface area (Å²) in [5, 5.41) is 0. The Balaban J connectivity index is 2.01. The highest BCUT2D eigenvalue weighted by molar-refractivity contribution is 7.99. The van der Waals surface area contributed by atoms with Gasteiger partial charge in [0.25, 0.3) is 0 Å². The molecule has 0 aliphatic heterocycles. The van der Waals surface area contributed by atoms with Gasteiger partial charge in [-0.25, -0.2) is 0 Å². The minimum Gasteiger partial charge on any atom is -0.149 e. The lowest BCUT2D eigenvalue weighted by Gasteiger charge is -2.20. The fourth-order valence-corrected chi connectivity index (χ4v) is 2.54. The van der Waals surface area contributed by atoms with Crippen molar-refractivity contribution in [3.05, 3.63) is 0 Å². The number of terminal acetylenes is 1. The summed E-state index contributed by atoms with van der Waals surface area (Å²) in [7, 11) is 0. The molecule has 0 radical (unpaired) electrons. The van der Waals surface area contributed by atoms with E-state index in [4.69, 9.17) is 6.42 Å². The molecule has 0 heterocycles. The lowest BCUT2D eigenvalue weighted by molar-refractivity contribution is 0.391. The molecule has 0 aromatic heterocycles. The maximum Gasteiger partial charge on any atom is 0.0544 e. The molecular weight excluding hydrogens is 152 g/mol. The Bertz CT molecular complexity index is 128. The third-order valence-electron chi connectivity index (χ3n) is 2.26. The van der Waals surface area contributed by atoms with Crippen LogP contribution in [0.3, 0.4) is 0 Å². The second-order valence-electron chi connectivity index (χ2n) is 3.22. The first kappa shape index (κ1) is 9.00. The average Bonchev–Trinajstić information content (AvgIpc) is 2.07. The van der Waals surface area contributed by atoms with Crippen LogP contribution in [0.1, 0.15) is 32.1 Å². The molecule has 1 aliphatic carbocycles. The molecule has 0 aromatic carbocycles. The van der Waals surface area contributed by atoms with E-state index < -0.39 is 0 Å². The van der Waals surface area contributed by atoms with Crippen molar-refractivity contribution in [3.8, 4) is 12.3 Å². The van der Waals surface area contributed by atoms with Crippen molar-refractivity contribution >= 4 is 11.8 Å². The van der Waals surface area contributed by atoms with E-state index in [0.717, 1.165) is 11.7 Å². The molecule has 0 atom stereocenters. The zero-order chi connectivity index (χ0) is 7.94. The molecule has 0 unspecified atom stereocenters. The molecule has 1 heteroatoms. The van der Waals surface area contributed by atoms with Crippen molar-refractivity contribution in [2.24, 2.45) is 5.92 Å². The van der Waals surface area contributed by atoms with E-state index in [9.17, 15) is 0 Å². The van der Waals surface area contributed by atoms with Gasteiger partial charge < -0.3 is 0 Å². The van der Waals surface area contributed by atoms with Crippen LogP contribution in [0.2, 0.25) is 0 Å². The van der Waals surface area contributed by atoms with Crippen LogP contribution >= 0.6 is 11.8 Å². The topological polar surface area (TPSA) is 0 Å². The van der Waals surface area contributed by atoms with Gasteiger partial charge in [0.1, 0.15) is 0 Å². The van der Waals surface area contributed by atoms with Crippen LogP contribution in [0, 0.1) is 18.3 Å². The minimum atomic E-state index is 0.899. The van der Waals surface area contributed by atoms with Crippen molar-refractivity contribution in [2.75, 3.05) is 11.5 Å². The molecule has 62 valence electrons. The fourth-order valence-electron chi connectivity index (χ4n) is 1.64. The van der Waals surface area contributed by atoms with Crippen LogP contribution < -0.4 is 0 Å². The van der Waals surface area contributed by atoms with Crippen LogP contribution in [0.25, 0.3) is 0 Å². The van der Waals surface area contributed by atoms with Crippen molar-refractivity contribution in [2.45, 2.75) is 32.1 Å². The summed E-state index contributed by atoms with van der Waals surface area (Å²) in [6, 6.07) is 0.